The molecule has 0 atom stereocenters. The second kappa shape index (κ2) is 4.62. The lowest BCUT2D eigenvalue weighted by molar-refractivity contribution is -0.0992. The number of rotatable bonds is 1. The molecule has 3 heterocycles. The lowest BCUT2D eigenvalue weighted by Gasteiger charge is -2.59. The Morgan fingerprint density at radius 2 is 1.57 bits per heavy atom. The third-order valence-electron chi connectivity index (χ3n) is 4.69. The predicted molar refractivity (Wildman–Crippen MR) is 81.1 cm³/mol. The predicted octanol–water partition coefficient (Wildman–Crippen LogP) is 1.51. The van der Waals surface area contributed by atoms with E-state index in [2.05, 4.69) is 0 Å². The zero-order valence-electron chi connectivity index (χ0n) is 12.7. The van der Waals surface area contributed by atoms with Crippen molar-refractivity contribution in [2.24, 2.45) is 5.92 Å². The summed E-state index contributed by atoms with van der Waals surface area (Å²) >= 11 is 1.60. The van der Waals surface area contributed by atoms with Gasteiger partial charge in [0.1, 0.15) is 0 Å². The molecule has 0 saturated carbocycles. The van der Waals surface area contributed by atoms with Crippen LogP contribution >= 0.6 is 11.3 Å². The van der Waals surface area contributed by atoms with E-state index in [9.17, 15) is 9.59 Å². The minimum absolute atomic E-state index is 0.0520. The number of hydrogen-bond donors (Lipinski definition) is 0. The lowest BCUT2D eigenvalue weighted by atomic mass is 9.83. The first-order valence-corrected chi connectivity index (χ1v) is 7.80. The van der Waals surface area contributed by atoms with E-state index in [-0.39, 0.29) is 18.0 Å². The first-order chi connectivity index (χ1) is 9.90. The van der Waals surface area contributed by atoms with E-state index in [1.165, 1.54) is 0 Å². The molecule has 114 valence electrons. The van der Waals surface area contributed by atoms with Crippen LogP contribution in [0.15, 0.2) is 17.5 Å². The molecule has 0 bridgehead atoms. The fourth-order valence-corrected chi connectivity index (χ4v) is 4.80. The van der Waals surface area contributed by atoms with Crippen molar-refractivity contribution >= 4 is 23.4 Å². The van der Waals surface area contributed by atoms with Crippen molar-refractivity contribution in [2.75, 3.05) is 41.3 Å². The Balaban J connectivity index is 2.19. The Labute approximate surface area is 128 Å². The van der Waals surface area contributed by atoms with Crippen LogP contribution in [0.25, 0.3) is 0 Å². The number of thiophene rings is 1. The number of fused-ring (bicyclic) bond motifs is 1. The minimum Gasteiger partial charge on any atom is -0.327 e. The molecule has 0 aromatic carbocycles. The van der Waals surface area contributed by atoms with Crippen LogP contribution in [-0.2, 0) is 5.66 Å². The van der Waals surface area contributed by atoms with Crippen LogP contribution < -0.4 is 0 Å². The topological polar surface area (TPSA) is 47.1 Å². The number of nitrogens with zero attached hydrogens (tertiary/aromatic N) is 4. The second-order valence-corrected chi connectivity index (χ2v) is 6.79. The summed E-state index contributed by atoms with van der Waals surface area (Å²) in [5.74, 6) is 0.150. The molecule has 2 fully saturated rings. The molecule has 1 aromatic rings. The van der Waals surface area contributed by atoms with Crippen molar-refractivity contribution < 1.29 is 9.59 Å². The average Bonchev–Trinajstić information content (AvgIpc) is 2.97. The number of carbonyl (C=O) groups is 2. The summed E-state index contributed by atoms with van der Waals surface area (Å²) in [5.41, 5.74) is -0.679. The number of amides is 4. The van der Waals surface area contributed by atoms with Crippen molar-refractivity contribution in [3.05, 3.63) is 22.4 Å². The standard InChI is InChI=1S/C14H20N4O2S/c1-15-8-10-9-16(2)13(20)18(4)14(10,17(3)12(15)19)11-6-5-7-21-11/h5-7,10H,8-9H2,1-4H3. The summed E-state index contributed by atoms with van der Waals surface area (Å²) in [5, 5.41) is 1.99. The maximum absolute atomic E-state index is 12.5. The Hall–Kier alpha value is -1.76. The van der Waals surface area contributed by atoms with Crippen molar-refractivity contribution in [1.82, 2.24) is 19.6 Å². The molecule has 0 radical (unpaired) electrons. The van der Waals surface area contributed by atoms with Gasteiger partial charge in [-0.25, -0.2) is 9.59 Å². The van der Waals surface area contributed by atoms with Gasteiger partial charge in [0, 0.05) is 47.2 Å². The third kappa shape index (κ3) is 1.70. The maximum Gasteiger partial charge on any atom is 0.321 e. The normalized spacial score (nSPS) is 30.0. The zero-order chi connectivity index (χ0) is 15.4. The Bertz CT molecular complexity index is 544. The van der Waals surface area contributed by atoms with Crippen LogP contribution in [0.3, 0.4) is 0 Å². The molecular weight excluding hydrogens is 288 g/mol. The molecule has 2 saturated heterocycles. The highest BCUT2D eigenvalue weighted by Gasteiger charge is 2.58. The highest BCUT2D eigenvalue weighted by Crippen LogP contribution is 2.46. The van der Waals surface area contributed by atoms with Gasteiger partial charge < -0.3 is 9.80 Å². The Kier molecular flexibility index (Phi) is 3.12. The van der Waals surface area contributed by atoms with Gasteiger partial charge in [0.2, 0.25) is 0 Å². The van der Waals surface area contributed by atoms with Crippen LogP contribution in [0.4, 0.5) is 9.59 Å². The molecule has 4 amide bonds. The highest BCUT2D eigenvalue weighted by atomic mass is 32.1. The monoisotopic (exact) mass is 308 g/mol. The first kappa shape index (κ1) is 14.2. The summed E-state index contributed by atoms with van der Waals surface area (Å²) in [7, 11) is 7.21. The van der Waals surface area contributed by atoms with Crippen molar-refractivity contribution in [3.8, 4) is 0 Å². The molecule has 0 spiro atoms. The molecule has 0 N–H and O–H groups in total. The molecule has 0 unspecified atom stereocenters. The SMILES string of the molecule is CN1CC2CN(C)C(=O)N(C)C2(c2cccs2)N(C)C1=O. The number of urea groups is 2. The Morgan fingerprint density at radius 1 is 1.05 bits per heavy atom. The van der Waals surface area contributed by atoms with Crippen LogP contribution in [0.1, 0.15) is 4.88 Å². The third-order valence-corrected chi connectivity index (χ3v) is 5.67. The zero-order valence-corrected chi connectivity index (χ0v) is 13.6. The van der Waals surface area contributed by atoms with Gasteiger partial charge in [-0.15, -0.1) is 11.3 Å². The summed E-state index contributed by atoms with van der Waals surface area (Å²) in [6.45, 7) is 1.28. The van der Waals surface area contributed by atoms with Gasteiger partial charge >= 0.3 is 12.1 Å². The molecule has 0 aliphatic carbocycles. The minimum atomic E-state index is -0.679. The van der Waals surface area contributed by atoms with Crippen LogP contribution in [0.2, 0.25) is 0 Å². The van der Waals surface area contributed by atoms with E-state index in [0.29, 0.717) is 13.1 Å². The Morgan fingerprint density at radius 3 is 2.00 bits per heavy atom. The van der Waals surface area contributed by atoms with Crippen LogP contribution in [-0.4, -0.2) is 72.9 Å². The molecular formula is C14H20N4O2S. The van der Waals surface area contributed by atoms with Gasteiger partial charge in [-0.05, 0) is 11.4 Å². The summed E-state index contributed by atoms with van der Waals surface area (Å²) < 4.78 is 0. The van der Waals surface area contributed by atoms with Gasteiger partial charge in [0.05, 0.1) is 4.88 Å². The smallest absolute Gasteiger partial charge is 0.321 e. The summed E-state index contributed by atoms with van der Waals surface area (Å²) in [4.78, 5) is 33.0. The van der Waals surface area contributed by atoms with E-state index in [4.69, 9.17) is 0 Å². The van der Waals surface area contributed by atoms with E-state index in [1.54, 1.807) is 45.0 Å². The largest absolute Gasteiger partial charge is 0.327 e. The molecule has 3 rings (SSSR count). The quantitative estimate of drug-likeness (QED) is 0.789. The molecule has 7 heteroatoms. The van der Waals surface area contributed by atoms with Crippen LogP contribution in [0, 0.1) is 5.92 Å². The summed E-state index contributed by atoms with van der Waals surface area (Å²) in [6.07, 6.45) is 0. The number of carbonyl (C=O) groups excluding carboxylic acids is 2. The van der Waals surface area contributed by atoms with Crippen molar-refractivity contribution in [1.29, 1.82) is 0 Å². The van der Waals surface area contributed by atoms with Gasteiger partial charge in [-0.3, -0.25) is 9.80 Å². The maximum atomic E-state index is 12.5. The molecule has 1 aromatic heterocycles. The van der Waals surface area contributed by atoms with Gasteiger partial charge in [0.25, 0.3) is 0 Å². The first-order valence-electron chi connectivity index (χ1n) is 6.92. The van der Waals surface area contributed by atoms with E-state index in [1.807, 2.05) is 31.6 Å². The van der Waals surface area contributed by atoms with Crippen molar-refractivity contribution in [2.45, 2.75) is 5.66 Å². The molecule has 2 aliphatic heterocycles. The molecule has 21 heavy (non-hydrogen) atoms. The van der Waals surface area contributed by atoms with Gasteiger partial charge in [-0.2, -0.15) is 0 Å². The van der Waals surface area contributed by atoms with Gasteiger partial charge in [-0.1, -0.05) is 6.07 Å². The van der Waals surface area contributed by atoms with Crippen molar-refractivity contribution in [3.63, 3.8) is 0 Å². The fourth-order valence-electron chi connectivity index (χ4n) is 3.73. The van der Waals surface area contributed by atoms with Gasteiger partial charge in [0.15, 0.2) is 5.66 Å². The van der Waals surface area contributed by atoms with E-state index >= 15 is 0 Å². The molecule has 6 nitrogen and oxygen atoms in total. The summed E-state index contributed by atoms with van der Waals surface area (Å²) in [6, 6.07) is 3.88. The second-order valence-electron chi connectivity index (χ2n) is 5.84. The average molecular weight is 308 g/mol. The number of hydrogen-bond acceptors (Lipinski definition) is 3. The fraction of sp³-hybridized carbons (Fsp3) is 0.571. The molecule has 2 aliphatic rings. The van der Waals surface area contributed by atoms with Crippen LogP contribution in [0.5, 0.6) is 0 Å². The van der Waals surface area contributed by atoms with E-state index in [0.717, 1.165) is 4.88 Å². The van der Waals surface area contributed by atoms with E-state index < -0.39 is 5.66 Å². The lowest BCUT2D eigenvalue weighted by Crippen LogP contribution is -2.74. The highest BCUT2D eigenvalue weighted by molar-refractivity contribution is 7.10.